The van der Waals surface area contributed by atoms with Gasteiger partial charge in [0.1, 0.15) is 5.75 Å². The molecule has 1 spiro atoms. The lowest BCUT2D eigenvalue weighted by Crippen LogP contribution is -2.47. The summed E-state index contributed by atoms with van der Waals surface area (Å²) in [5, 5.41) is 1.31. The van der Waals surface area contributed by atoms with E-state index in [9.17, 15) is 4.79 Å². The van der Waals surface area contributed by atoms with Crippen LogP contribution in [0.25, 0.3) is 0 Å². The van der Waals surface area contributed by atoms with E-state index < -0.39 is 5.79 Å². The summed E-state index contributed by atoms with van der Waals surface area (Å²) in [7, 11) is 0. The summed E-state index contributed by atoms with van der Waals surface area (Å²) < 4.78 is 17.5. The van der Waals surface area contributed by atoms with Crippen LogP contribution in [-0.4, -0.2) is 52.9 Å². The van der Waals surface area contributed by atoms with Crippen LogP contribution in [0.5, 0.6) is 11.6 Å². The van der Waals surface area contributed by atoms with Gasteiger partial charge in [-0.25, -0.2) is 9.97 Å². The quantitative estimate of drug-likeness (QED) is 0.502. The summed E-state index contributed by atoms with van der Waals surface area (Å²) in [5.41, 5.74) is 0.612. The van der Waals surface area contributed by atoms with Crippen molar-refractivity contribution in [2.24, 2.45) is 0 Å². The fourth-order valence-corrected chi connectivity index (χ4v) is 4.78. The van der Waals surface area contributed by atoms with Crippen molar-refractivity contribution in [1.29, 1.82) is 0 Å². The molecule has 3 aromatic rings. The number of halogens is 1. The van der Waals surface area contributed by atoms with E-state index in [1.54, 1.807) is 36.7 Å². The normalized spacial score (nSPS) is 17.3. The van der Waals surface area contributed by atoms with Crippen molar-refractivity contribution in [3.63, 3.8) is 0 Å². The third-order valence-corrected chi connectivity index (χ3v) is 6.84. The molecule has 0 saturated carbocycles. The lowest BCUT2D eigenvalue weighted by molar-refractivity contribution is -0.181. The van der Waals surface area contributed by atoms with Gasteiger partial charge in [0.05, 0.1) is 13.2 Å². The zero-order valence-electron chi connectivity index (χ0n) is 17.8. The zero-order chi connectivity index (χ0) is 22.7. The molecule has 7 nitrogen and oxygen atoms in total. The van der Waals surface area contributed by atoms with Crippen molar-refractivity contribution in [1.82, 2.24) is 14.9 Å². The molecular formula is C24H22ClN3O4S. The molecule has 0 N–H and O–H groups in total. The Morgan fingerprint density at radius 1 is 0.970 bits per heavy atom. The Balaban J connectivity index is 1.23. The number of carbonyl (C=O) groups excluding carboxylic acids is 1. The molecule has 0 atom stereocenters. The predicted octanol–water partition coefficient (Wildman–Crippen LogP) is 5.05. The van der Waals surface area contributed by atoms with Gasteiger partial charge in [0.2, 0.25) is 0 Å². The van der Waals surface area contributed by atoms with Crippen molar-refractivity contribution in [3.05, 3.63) is 71.5 Å². The van der Waals surface area contributed by atoms with Crippen LogP contribution in [0.3, 0.4) is 0 Å². The predicted molar refractivity (Wildman–Crippen MR) is 124 cm³/mol. The number of carbonyl (C=O) groups is 1. The number of nitrogens with zero attached hydrogens (tertiary/aromatic N) is 3. The van der Waals surface area contributed by atoms with Crippen molar-refractivity contribution >= 4 is 29.3 Å². The van der Waals surface area contributed by atoms with Gasteiger partial charge < -0.3 is 19.1 Å². The third-order valence-electron chi connectivity index (χ3n) is 5.60. The first-order valence-electron chi connectivity index (χ1n) is 10.7. The summed E-state index contributed by atoms with van der Waals surface area (Å²) in [4.78, 5) is 24.5. The maximum Gasteiger partial charge on any atom is 0.253 e. The van der Waals surface area contributed by atoms with Crippen LogP contribution in [0.1, 0.15) is 23.2 Å². The van der Waals surface area contributed by atoms with E-state index in [2.05, 4.69) is 9.97 Å². The number of aromatic nitrogens is 2. The maximum absolute atomic E-state index is 12.9. The number of piperidine rings is 1. The molecule has 5 rings (SSSR count). The minimum atomic E-state index is -0.493. The van der Waals surface area contributed by atoms with E-state index in [1.165, 1.54) is 11.8 Å². The number of likely N-dealkylation sites (tertiary alicyclic amines) is 1. The minimum absolute atomic E-state index is 0.00659. The monoisotopic (exact) mass is 483 g/mol. The van der Waals surface area contributed by atoms with E-state index in [4.69, 9.17) is 25.8 Å². The standard InChI is InChI=1S/C24H22ClN3O4S/c25-18-3-7-20(8-4-18)33-22-21(26-11-12-27-22)32-19-5-1-17(2-6-19)23(29)28-13-9-24(10-14-28)30-15-16-31-24/h1-8,11-12H,9-10,13-16H2. The number of hydrogen-bond donors (Lipinski definition) is 0. The van der Waals surface area contributed by atoms with Crippen molar-refractivity contribution in [2.45, 2.75) is 28.6 Å². The molecule has 2 aliphatic heterocycles. The van der Waals surface area contributed by atoms with Gasteiger partial charge in [-0.15, -0.1) is 0 Å². The van der Waals surface area contributed by atoms with Crippen LogP contribution in [0.15, 0.2) is 70.8 Å². The van der Waals surface area contributed by atoms with Gasteiger partial charge in [0.25, 0.3) is 11.8 Å². The number of hydrogen-bond acceptors (Lipinski definition) is 7. The number of rotatable bonds is 5. The van der Waals surface area contributed by atoms with Gasteiger partial charge >= 0.3 is 0 Å². The average Bonchev–Trinajstić information content (AvgIpc) is 3.30. The summed E-state index contributed by atoms with van der Waals surface area (Å²) in [6.07, 6.45) is 4.60. The van der Waals surface area contributed by atoms with E-state index in [0.717, 1.165) is 4.90 Å². The molecule has 1 aromatic heterocycles. The summed E-state index contributed by atoms with van der Waals surface area (Å²) in [6, 6.07) is 14.6. The van der Waals surface area contributed by atoms with Crippen LogP contribution in [-0.2, 0) is 9.47 Å². The second-order valence-electron chi connectivity index (χ2n) is 7.75. The first-order chi connectivity index (χ1) is 16.1. The summed E-state index contributed by atoms with van der Waals surface area (Å²) in [5.74, 6) is 0.477. The Bertz CT molecular complexity index is 1110. The molecule has 2 saturated heterocycles. The minimum Gasteiger partial charge on any atom is -0.437 e. The molecule has 33 heavy (non-hydrogen) atoms. The topological polar surface area (TPSA) is 73.8 Å². The van der Waals surface area contributed by atoms with Crippen LogP contribution in [0.4, 0.5) is 0 Å². The fraction of sp³-hybridized carbons (Fsp3) is 0.292. The van der Waals surface area contributed by atoms with Gasteiger partial charge in [-0.2, -0.15) is 0 Å². The highest BCUT2D eigenvalue weighted by Gasteiger charge is 2.40. The van der Waals surface area contributed by atoms with Gasteiger partial charge in [-0.3, -0.25) is 4.79 Å². The number of amides is 1. The fourth-order valence-electron chi connectivity index (χ4n) is 3.86. The molecule has 0 unspecified atom stereocenters. The van der Waals surface area contributed by atoms with E-state index in [1.807, 2.05) is 29.2 Å². The van der Waals surface area contributed by atoms with Gasteiger partial charge in [0, 0.05) is 53.8 Å². The highest BCUT2D eigenvalue weighted by Crippen LogP contribution is 2.35. The van der Waals surface area contributed by atoms with Gasteiger partial charge in [0.15, 0.2) is 10.8 Å². The highest BCUT2D eigenvalue weighted by molar-refractivity contribution is 7.99. The molecule has 1 amide bonds. The highest BCUT2D eigenvalue weighted by atomic mass is 35.5. The largest absolute Gasteiger partial charge is 0.437 e. The maximum atomic E-state index is 12.9. The summed E-state index contributed by atoms with van der Waals surface area (Å²) in [6.45, 7) is 2.48. The Morgan fingerprint density at radius 2 is 1.64 bits per heavy atom. The third kappa shape index (κ3) is 5.14. The second-order valence-corrected chi connectivity index (χ2v) is 9.25. The SMILES string of the molecule is O=C(c1ccc(Oc2nccnc2Sc2ccc(Cl)cc2)cc1)N1CCC2(CC1)OCCO2. The first kappa shape index (κ1) is 22.2. The van der Waals surface area contributed by atoms with E-state index in [-0.39, 0.29) is 5.91 Å². The molecule has 2 fully saturated rings. The molecule has 0 aliphatic carbocycles. The molecule has 2 aromatic carbocycles. The average molecular weight is 484 g/mol. The van der Waals surface area contributed by atoms with Crippen LogP contribution >= 0.6 is 23.4 Å². The summed E-state index contributed by atoms with van der Waals surface area (Å²) >= 11 is 7.40. The lowest BCUT2D eigenvalue weighted by Gasteiger charge is -2.37. The molecule has 170 valence electrons. The van der Waals surface area contributed by atoms with E-state index >= 15 is 0 Å². The molecule has 9 heteroatoms. The molecule has 0 bridgehead atoms. The smallest absolute Gasteiger partial charge is 0.253 e. The Labute approximate surface area is 201 Å². The Morgan fingerprint density at radius 3 is 2.33 bits per heavy atom. The van der Waals surface area contributed by atoms with Gasteiger partial charge in [-0.05, 0) is 48.5 Å². The van der Waals surface area contributed by atoms with Crippen molar-refractivity contribution in [3.8, 4) is 11.6 Å². The van der Waals surface area contributed by atoms with Gasteiger partial charge in [-0.1, -0.05) is 23.4 Å². The van der Waals surface area contributed by atoms with Crippen LogP contribution in [0, 0.1) is 0 Å². The molecule has 0 radical (unpaired) electrons. The molecular weight excluding hydrogens is 462 g/mol. The second kappa shape index (κ2) is 9.69. The number of ether oxygens (including phenoxy) is 3. The number of benzene rings is 2. The van der Waals surface area contributed by atoms with Crippen molar-refractivity contribution in [2.75, 3.05) is 26.3 Å². The van der Waals surface area contributed by atoms with Crippen LogP contribution < -0.4 is 4.74 Å². The Kier molecular flexibility index (Phi) is 6.50. The van der Waals surface area contributed by atoms with E-state index in [0.29, 0.717) is 66.4 Å². The first-order valence-corrected chi connectivity index (χ1v) is 11.9. The van der Waals surface area contributed by atoms with Crippen molar-refractivity contribution < 1.29 is 19.0 Å². The Hall–Kier alpha value is -2.65. The molecule has 2 aliphatic rings. The molecule has 3 heterocycles. The van der Waals surface area contributed by atoms with Crippen LogP contribution in [0.2, 0.25) is 5.02 Å². The zero-order valence-corrected chi connectivity index (χ0v) is 19.3. The lowest BCUT2D eigenvalue weighted by atomic mass is 10.0.